The molecule has 0 atom stereocenters. The Balaban J connectivity index is 1.53. The summed E-state index contributed by atoms with van der Waals surface area (Å²) in [6, 6.07) is 21.5. The summed E-state index contributed by atoms with van der Waals surface area (Å²) >= 11 is 0. The molecule has 0 aliphatic carbocycles. The summed E-state index contributed by atoms with van der Waals surface area (Å²) in [5.41, 5.74) is 4.82. The standard InChI is InChI=1S/C24H18N6O/c1-16-5-10-19(28-23(31)18-8-6-17(15-25)7-9-18)14-22(16)30-24-27-13-11-21(29-24)20-4-2-3-12-26-20/h2-14H,1H3,(H,28,31)(H,27,29,30). The van der Waals surface area contributed by atoms with E-state index in [-0.39, 0.29) is 5.91 Å². The Morgan fingerprint density at radius 1 is 0.935 bits per heavy atom. The van der Waals surface area contributed by atoms with Gasteiger partial charge in [-0.05, 0) is 67.1 Å². The van der Waals surface area contributed by atoms with Crippen molar-refractivity contribution in [3.8, 4) is 17.5 Å². The van der Waals surface area contributed by atoms with Gasteiger partial charge in [0.1, 0.15) is 0 Å². The Hall–Kier alpha value is -4.57. The molecule has 0 bridgehead atoms. The quantitative estimate of drug-likeness (QED) is 0.497. The zero-order valence-corrected chi connectivity index (χ0v) is 16.7. The monoisotopic (exact) mass is 406 g/mol. The zero-order chi connectivity index (χ0) is 21.6. The van der Waals surface area contributed by atoms with Crippen LogP contribution in [0.1, 0.15) is 21.5 Å². The molecule has 7 nitrogen and oxygen atoms in total. The van der Waals surface area contributed by atoms with Crippen molar-refractivity contribution in [3.63, 3.8) is 0 Å². The van der Waals surface area contributed by atoms with Crippen LogP contribution < -0.4 is 10.6 Å². The molecule has 0 fully saturated rings. The van der Waals surface area contributed by atoms with Gasteiger partial charge < -0.3 is 10.6 Å². The number of carbonyl (C=O) groups is 1. The average molecular weight is 406 g/mol. The zero-order valence-electron chi connectivity index (χ0n) is 16.7. The van der Waals surface area contributed by atoms with Crippen LogP contribution >= 0.6 is 0 Å². The Bertz CT molecular complexity index is 1260. The molecule has 0 saturated carbocycles. The highest BCUT2D eigenvalue weighted by molar-refractivity contribution is 6.04. The number of benzene rings is 2. The van der Waals surface area contributed by atoms with Crippen LogP contribution in [0.2, 0.25) is 0 Å². The van der Waals surface area contributed by atoms with E-state index in [4.69, 9.17) is 5.26 Å². The first-order valence-electron chi connectivity index (χ1n) is 9.56. The number of carbonyl (C=O) groups excluding carboxylic acids is 1. The fraction of sp³-hybridized carbons (Fsp3) is 0.0417. The lowest BCUT2D eigenvalue weighted by molar-refractivity contribution is 0.102. The first-order chi connectivity index (χ1) is 15.1. The second-order valence-electron chi connectivity index (χ2n) is 6.78. The van der Waals surface area contributed by atoms with E-state index in [1.807, 2.05) is 49.4 Å². The minimum atomic E-state index is -0.257. The first-order valence-corrected chi connectivity index (χ1v) is 9.56. The molecule has 2 heterocycles. The number of hydrogen-bond acceptors (Lipinski definition) is 6. The van der Waals surface area contributed by atoms with Gasteiger partial charge in [0.25, 0.3) is 5.91 Å². The second kappa shape index (κ2) is 8.84. The number of aryl methyl sites for hydroxylation is 1. The summed E-state index contributed by atoms with van der Waals surface area (Å²) in [6.45, 7) is 1.96. The number of rotatable bonds is 5. The van der Waals surface area contributed by atoms with Gasteiger partial charge in [-0.1, -0.05) is 12.1 Å². The number of pyridine rings is 1. The molecule has 0 spiro atoms. The topological polar surface area (TPSA) is 104 Å². The highest BCUT2D eigenvalue weighted by Gasteiger charge is 2.09. The molecule has 0 aliphatic heterocycles. The fourth-order valence-electron chi connectivity index (χ4n) is 2.93. The number of nitrogens with zero attached hydrogens (tertiary/aromatic N) is 4. The van der Waals surface area contributed by atoms with Crippen molar-refractivity contribution in [2.24, 2.45) is 0 Å². The number of hydrogen-bond donors (Lipinski definition) is 2. The van der Waals surface area contributed by atoms with Crippen molar-refractivity contribution < 1.29 is 4.79 Å². The Morgan fingerprint density at radius 3 is 2.52 bits per heavy atom. The summed E-state index contributed by atoms with van der Waals surface area (Å²) in [6.07, 6.45) is 3.39. The summed E-state index contributed by atoms with van der Waals surface area (Å²) in [5, 5.41) is 15.0. The molecule has 0 saturated heterocycles. The molecule has 31 heavy (non-hydrogen) atoms. The van der Waals surface area contributed by atoms with Crippen LogP contribution in [0, 0.1) is 18.3 Å². The minimum absolute atomic E-state index is 0.257. The molecule has 2 aromatic carbocycles. The third kappa shape index (κ3) is 4.71. The first kappa shape index (κ1) is 19.7. The molecule has 2 aromatic heterocycles. The van der Waals surface area contributed by atoms with E-state index in [1.165, 1.54) is 0 Å². The fourth-order valence-corrected chi connectivity index (χ4v) is 2.93. The van der Waals surface area contributed by atoms with Crippen molar-refractivity contribution >= 4 is 23.2 Å². The molecule has 2 N–H and O–H groups in total. The maximum Gasteiger partial charge on any atom is 0.255 e. The molecular weight excluding hydrogens is 388 g/mol. The largest absolute Gasteiger partial charge is 0.324 e. The van der Waals surface area contributed by atoms with Gasteiger partial charge in [-0.3, -0.25) is 9.78 Å². The van der Waals surface area contributed by atoms with E-state index < -0.39 is 0 Å². The van der Waals surface area contributed by atoms with E-state index in [9.17, 15) is 4.79 Å². The normalized spacial score (nSPS) is 10.2. The molecule has 7 heteroatoms. The Morgan fingerprint density at radius 2 is 1.77 bits per heavy atom. The van der Waals surface area contributed by atoms with Crippen LogP contribution in [0.15, 0.2) is 79.1 Å². The van der Waals surface area contributed by atoms with Gasteiger partial charge in [0.15, 0.2) is 0 Å². The highest BCUT2D eigenvalue weighted by Crippen LogP contribution is 2.24. The maximum atomic E-state index is 12.5. The lowest BCUT2D eigenvalue weighted by atomic mass is 10.1. The van der Waals surface area contributed by atoms with Gasteiger partial charge in [0.2, 0.25) is 5.95 Å². The number of aromatic nitrogens is 3. The van der Waals surface area contributed by atoms with Crippen molar-refractivity contribution in [3.05, 3.63) is 95.8 Å². The van der Waals surface area contributed by atoms with E-state index in [0.717, 1.165) is 16.9 Å². The SMILES string of the molecule is Cc1ccc(NC(=O)c2ccc(C#N)cc2)cc1Nc1nccc(-c2ccccn2)n1. The summed E-state index contributed by atoms with van der Waals surface area (Å²) < 4.78 is 0. The minimum Gasteiger partial charge on any atom is -0.324 e. The lowest BCUT2D eigenvalue weighted by Crippen LogP contribution is -2.12. The summed E-state index contributed by atoms with van der Waals surface area (Å²) in [4.78, 5) is 25.7. The van der Waals surface area contributed by atoms with E-state index in [2.05, 4.69) is 25.6 Å². The molecular formula is C24H18N6O. The van der Waals surface area contributed by atoms with Gasteiger partial charge in [-0.25, -0.2) is 9.97 Å². The van der Waals surface area contributed by atoms with E-state index in [0.29, 0.717) is 28.5 Å². The Labute approximate surface area is 179 Å². The highest BCUT2D eigenvalue weighted by atomic mass is 16.1. The molecule has 1 amide bonds. The van der Waals surface area contributed by atoms with Gasteiger partial charge in [-0.2, -0.15) is 5.26 Å². The van der Waals surface area contributed by atoms with Crippen molar-refractivity contribution in [1.82, 2.24) is 15.0 Å². The van der Waals surface area contributed by atoms with Gasteiger partial charge in [-0.15, -0.1) is 0 Å². The van der Waals surface area contributed by atoms with Crippen molar-refractivity contribution in [1.29, 1.82) is 5.26 Å². The van der Waals surface area contributed by atoms with Crippen LogP contribution in [0.5, 0.6) is 0 Å². The van der Waals surface area contributed by atoms with Crippen LogP contribution in [-0.4, -0.2) is 20.9 Å². The third-order valence-corrected chi connectivity index (χ3v) is 4.60. The summed E-state index contributed by atoms with van der Waals surface area (Å²) in [5.74, 6) is 0.175. The number of nitriles is 1. The molecule has 4 aromatic rings. The smallest absolute Gasteiger partial charge is 0.255 e. The average Bonchev–Trinajstić information content (AvgIpc) is 2.82. The molecule has 0 aliphatic rings. The van der Waals surface area contributed by atoms with Crippen LogP contribution in [0.4, 0.5) is 17.3 Å². The molecule has 0 unspecified atom stereocenters. The van der Waals surface area contributed by atoms with Gasteiger partial charge >= 0.3 is 0 Å². The second-order valence-corrected chi connectivity index (χ2v) is 6.78. The molecule has 4 rings (SSSR count). The van der Waals surface area contributed by atoms with Crippen LogP contribution in [-0.2, 0) is 0 Å². The summed E-state index contributed by atoms with van der Waals surface area (Å²) in [7, 11) is 0. The maximum absolute atomic E-state index is 12.5. The van der Waals surface area contributed by atoms with Crippen molar-refractivity contribution in [2.45, 2.75) is 6.92 Å². The Kier molecular flexibility index (Phi) is 5.63. The van der Waals surface area contributed by atoms with Crippen molar-refractivity contribution in [2.75, 3.05) is 10.6 Å². The predicted octanol–water partition coefficient (Wildman–Crippen LogP) is 4.71. The third-order valence-electron chi connectivity index (χ3n) is 4.60. The number of anilines is 3. The lowest BCUT2D eigenvalue weighted by Gasteiger charge is -2.12. The number of amides is 1. The van der Waals surface area contributed by atoms with Gasteiger partial charge in [0.05, 0.1) is 23.0 Å². The predicted molar refractivity (Wildman–Crippen MR) is 119 cm³/mol. The molecule has 150 valence electrons. The van der Waals surface area contributed by atoms with Crippen LogP contribution in [0.25, 0.3) is 11.4 Å². The van der Waals surface area contributed by atoms with E-state index in [1.54, 1.807) is 42.7 Å². The number of nitrogens with one attached hydrogen (secondary N) is 2. The van der Waals surface area contributed by atoms with Crippen LogP contribution in [0.3, 0.4) is 0 Å². The van der Waals surface area contributed by atoms with E-state index >= 15 is 0 Å². The van der Waals surface area contributed by atoms with Gasteiger partial charge in [0, 0.05) is 29.3 Å². The molecule has 0 radical (unpaired) electrons.